The number of aromatic hydroxyl groups is 1. The SMILES string of the molecule is CCOC(=O)[C@H](Cc1ccc(O)cc1)NC(=O)[C@@H](Cc1ccccc1)NC(=O)OCc1ccccc1. The number of benzene rings is 3. The predicted molar refractivity (Wildman–Crippen MR) is 134 cm³/mol. The Morgan fingerprint density at radius 3 is 1.89 bits per heavy atom. The first-order chi connectivity index (χ1) is 17.4. The van der Waals surface area contributed by atoms with Crippen molar-refractivity contribution in [2.24, 2.45) is 0 Å². The molecule has 3 aromatic carbocycles. The molecule has 0 aromatic heterocycles. The van der Waals surface area contributed by atoms with Crippen molar-refractivity contribution in [3.05, 3.63) is 102 Å². The number of esters is 1. The van der Waals surface area contributed by atoms with Gasteiger partial charge in [-0.05, 0) is 35.7 Å². The molecule has 0 aliphatic carbocycles. The maximum absolute atomic E-state index is 13.3. The fraction of sp³-hybridized carbons (Fsp3) is 0.250. The molecule has 2 amide bonds. The fourth-order valence-electron chi connectivity index (χ4n) is 3.54. The highest BCUT2D eigenvalue weighted by Crippen LogP contribution is 2.13. The van der Waals surface area contributed by atoms with Gasteiger partial charge in [-0.25, -0.2) is 9.59 Å². The average molecular weight is 491 g/mol. The molecule has 3 N–H and O–H groups in total. The lowest BCUT2D eigenvalue weighted by atomic mass is 10.0. The molecule has 0 fully saturated rings. The van der Waals surface area contributed by atoms with Crippen LogP contribution < -0.4 is 10.6 Å². The minimum atomic E-state index is -0.993. The monoisotopic (exact) mass is 490 g/mol. The number of phenols is 1. The molecule has 0 aliphatic rings. The molecule has 0 aliphatic heterocycles. The Balaban J connectivity index is 1.72. The molecular formula is C28H30N2O6. The smallest absolute Gasteiger partial charge is 0.408 e. The number of carbonyl (C=O) groups is 3. The van der Waals surface area contributed by atoms with E-state index in [1.54, 1.807) is 19.1 Å². The second-order valence-corrected chi connectivity index (χ2v) is 8.13. The Bertz CT molecular complexity index is 1120. The van der Waals surface area contributed by atoms with Gasteiger partial charge < -0.3 is 25.2 Å². The van der Waals surface area contributed by atoms with E-state index < -0.39 is 30.1 Å². The second-order valence-electron chi connectivity index (χ2n) is 8.13. The molecule has 0 saturated heterocycles. The summed E-state index contributed by atoms with van der Waals surface area (Å²) < 4.78 is 10.5. The summed E-state index contributed by atoms with van der Waals surface area (Å²) in [4.78, 5) is 38.4. The third-order valence-electron chi connectivity index (χ3n) is 5.37. The van der Waals surface area contributed by atoms with Crippen molar-refractivity contribution < 1.29 is 29.0 Å². The highest BCUT2D eigenvalue weighted by Gasteiger charge is 2.28. The van der Waals surface area contributed by atoms with E-state index in [9.17, 15) is 19.5 Å². The van der Waals surface area contributed by atoms with Crippen molar-refractivity contribution in [3.8, 4) is 5.75 Å². The Morgan fingerprint density at radius 1 is 0.722 bits per heavy atom. The highest BCUT2D eigenvalue weighted by atomic mass is 16.5. The molecule has 0 saturated carbocycles. The Morgan fingerprint density at radius 2 is 1.28 bits per heavy atom. The largest absolute Gasteiger partial charge is 0.508 e. The lowest BCUT2D eigenvalue weighted by Crippen LogP contribution is -2.53. The predicted octanol–water partition coefficient (Wildman–Crippen LogP) is 3.52. The molecule has 3 rings (SSSR count). The van der Waals surface area contributed by atoms with E-state index >= 15 is 0 Å². The van der Waals surface area contributed by atoms with Crippen LogP contribution in [-0.2, 0) is 38.5 Å². The molecule has 188 valence electrons. The van der Waals surface area contributed by atoms with Crippen LogP contribution in [0.5, 0.6) is 5.75 Å². The minimum absolute atomic E-state index is 0.0542. The van der Waals surface area contributed by atoms with Gasteiger partial charge >= 0.3 is 12.1 Å². The van der Waals surface area contributed by atoms with Gasteiger partial charge in [-0.3, -0.25) is 4.79 Å². The van der Waals surface area contributed by atoms with E-state index in [-0.39, 0.29) is 31.8 Å². The van der Waals surface area contributed by atoms with Crippen LogP contribution in [0.1, 0.15) is 23.6 Å². The maximum Gasteiger partial charge on any atom is 0.408 e. The van der Waals surface area contributed by atoms with Gasteiger partial charge in [0.05, 0.1) is 6.61 Å². The van der Waals surface area contributed by atoms with E-state index in [0.717, 1.165) is 16.7 Å². The first-order valence-corrected chi connectivity index (χ1v) is 11.7. The van der Waals surface area contributed by atoms with E-state index in [4.69, 9.17) is 9.47 Å². The van der Waals surface area contributed by atoms with Gasteiger partial charge in [0.1, 0.15) is 24.4 Å². The molecule has 0 unspecified atom stereocenters. The molecule has 8 heteroatoms. The number of alkyl carbamates (subject to hydrolysis) is 1. The van der Waals surface area contributed by atoms with Crippen LogP contribution in [0.2, 0.25) is 0 Å². The summed E-state index contributed by atoms with van der Waals surface area (Å²) in [7, 11) is 0. The minimum Gasteiger partial charge on any atom is -0.508 e. The van der Waals surface area contributed by atoms with Crippen LogP contribution in [0.4, 0.5) is 4.79 Å². The van der Waals surface area contributed by atoms with Crippen molar-refractivity contribution in [3.63, 3.8) is 0 Å². The summed E-state index contributed by atoms with van der Waals surface area (Å²) >= 11 is 0. The molecule has 0 radical (unpaired) electrons. The van der Waals surface area contributed by atoms with Crippen molar-refractivity contribution >= 4 is 18.0 Å². The average Bonchev–Trinajstić information content (AvgIpc) is 2.89. The zero-order valence-electron chi connectivity index (χ0n) is 20.1. The second kappa shape index (κ2) is 13.5. The number of ether oxygens (including phenoxy) is 2. The van der Waals surface area contributed by atoms with Gasteiger partial charge in [-0.2, -0.15) is 0 Å². The van der Waals surface area contributed by atoms with Crippen molar-refractivity contribution in [2.45, 2.75) is 38.5 Å². The molecular weight excluding hydrogens is 460 g/mol. The van der Waals surface area contributed by atoms with E-state index in [1.807, 2.05) is 60.7 Å². The highest BCUT2D eigenvalue weighted by molar-refractivity contribution is 5.90. The van der Waals surface area contributed by atoms with E-state index in [1.165, 1.54) is 12.1 Å². The van der Waals surface area contributed by atoms with Gasteiger partial charge in [0, 0.05) is 12.8 Å². The molecule has 3 aromatic rings. The van der Waals surface area contributed by atoms with Gasteiger partial charge in [-0.15, -0.1) is 0 Å². The molecule has 0 heterocycles. The molecule has 2 atom stereocenters. The van der Waals surface area contributed by atoms with Crippen LogP contribution in [-0.4, -0.2) is 41.8 Å². The lowest BCUT2D eigenvalue weighted by molar-refractivity contribution is -0.147. The number of carbonyl (C=O) groups excluding carboxylic acids is 3. The van der Waals surface area contributed by atoms with Crippen molar-refractivity contribution in [1.82, 2.24) is 10.6 Å². The van der Waals surface area contributed by atoms with Gasteiger partial charge in [-0.1, -0.05) is 72.8 Å². The zero-order valence-corrected chi connectivity index (χ0v) is 20.1. The van der Waals surface area contributed by atoms with Gasteiger partial charge in [0.15, 0.2) is 0 Å². The summed E-state index contributed by atoms with van der Waals surface area (Å²) in [5, 5.41) is 14.9. The molecule has 0 spiro atoms. The number of phenolic OH excluding ortho intramolecular Hbond substituents is 1. The van der Waals surface area contributed by atoms with E-state index in [2.05, 4.69) is 10.6 Å². The zero-order chi connectivity index (χ0) is 25.8. The van der Waals surface area contributed by atoms with Crippen LogP contribution in [0.15, 0.2) is 84.9 Å². The standard InChI is InChI=1S/C28H30N2O6/c1-2-35-27(33)25(18-21-13-15-23(31)16-14-21)29-26(32)24(17-20-9-5-3-6-10-20)30-28(34)36-19-22-11-7-4-8-12-22/h3-16,24-25,31H,2,17-19H2,1H3,(H,29,32)(H,30,34)/t24-,25+/m1/s1. The van der Waals surface area contributed by atoms with Gasteiger partial charge in [0.25, 0.3) is 0 Å². The van der Waals surface area contributed by atoms with Gasteiger partial charge in [0.2, 0.25) is 5.91 Å². The normalized spacial score (nSPS) is 12.1. The number of rotatable bonds is 11. The fourth-order valence-corrected chi connectivity index (χ4v) is 3.54. The van der Waals surface area contributed by atoms with E-state index in [0.29, 0.717) is 0 Å². The van der Waals surface area contributed by atoms with Crippen LogP contribution >= 0.6 is 0 Å². The third-order valence-corrected chi connectivity index (χ3v) is 5.37. The number of hydrogen-bond donors (Lipinski definition) is 3. The number of hydrogen-bond acceptors (Lipinski definition) is 6. The molecule has 0 bridgehead atoms. The Labute approximate surface area is 210 Å². The first kappa shape index (κ1) is 26.3. The van der Waals surface area contributed by atoms with Crippen molar-refractivity contribution in [2.75, 3.05) is 6.61 Å². The quantitative estimate of drug-likeness (QED) is 0.355. The summed E-state index contributed by atoms with van der Waals surface area (Å²) in [6.07, 6.45) is -0.399. The topological polar surface area (TPSA) is 114 Å². The maximum atomic E-state index is 13.3. The lowest BCUT2D eigenvalue weighted by Gasteiger charge is -2.23. The van der Waals surface area contributed by atoms with Crippen LogP contribution in [0.25, 0.3) is 0 Å². The summed E-state index contributed by atoms with van der Waals surface area (Å²) in [6.45, 7) is 1.89. The summed E-state index contributed by atoms with van der Waals surface area (Å²) in [5.74, 6) is -1.05. The summed E-state index contributed by atoms with van der Waals surface area (Å²) in [5.41, 5.74) is 2.36. The Hall–Kier alpha value is -4.33. The number of nitrogens with one attached hydrogen (secondary N) is 2. The molecule has 8 nitrogen and oxygen atoms in total. The summed E-state index contributed by atoms with van der Waals surface area (Å²) in [6, 6.07) is 22.8. The first-order valence-electron chi connectivity index (χ1n) is 11.7. The van der Waals surface area contributed by atoms with Crippen LogP contribution in [0, 0.1) is 0 Å². The Kier molecular flexibility index (Phi) is 9.88. The third kappa shape index (κ3) is 8.47. The number of amides is 2. The van der Waals surface area contributed by atoms with Crippen molar-refractivity contribution in [1.29, 1.82) is 0 Å². The van der Waals surface area contributed by atoms with Crippen LogP contribution in [0.3, 0.4) is 0 Å². The molecule has 36 heavy (non-hydrogen) atoms.